The first-order valence-corrected chi connectivity index (χ1v) is 4.65. The Hall–Kier alpha value is -2.11. The molecule has 1 aromatic heterocycles. The predicted octanol–water partition coefficient (Wildman–Crippen LogP) is -0.114. The molecule has 0 aliphatic carbocycles. The summed E-state index contributed by atoms with van der Waals surface area (Å²) in [5.74, 6) is -1.85. The molecule has 0 bridgehead atoms. The summed E-state index contributed by atoms with van der Waals surface area (Å²) in [7, 11) is 0. The highest BCUT2D eigenvalue weighted by Crippen LogP contribution is 1.93. The summed E-state index contributed by atoms with van der Waals surface area (Å²) in [6, 6.07) is 0.244. The molecule has 1 heterocycles. The Bertz CT molecular complexity index is 478. The molecule has 6 heteroatoms. The lowest BCUT2D eigenvalue weighted by Crippen LogP contribution is -2.40. The number of amides is 1. The predicted molar refractivity (Wildman–Crippen MR) is 56.4 cm³/mol. The van der Waals surface area contributed by atoms with Gasteiger partial charge in [0.25, 0.3) is 5.91 Å². The number of carboxylic acid groups (broad SMARTS) is 1. The number of H-pyrrole nitrogens is 1. The molecule has 3 N–H and O–H groups in total. The molecule has 0 saturated carbocycles. The Kier molecular flexibility index (Phi) is 3.44. The van der Waals surface area contributed by atoms with Crippen LogP contribution >= 0.6 is 0 Å². The standard InChI is InChI=1S/C10H12N2O4/c1-5-3-8(13)7(4-11-5)9(14)12-6(2)10(15)16/h3-4,6H,1-2H3,(H,11,13)(H,12,14)(H,15,16). The second-order valence-corrected chi connectivity index (χ2v) is 3.43. The number of carboxylic acids is 1. The first-order valence-electron chi connectivity index (χ1n) is 4.65. The Morgan fingerprint density at radius 2 is 2.12 bits per heavy atom. The van der Waals surface area contributed by atoms with E-state index in [2.05, 4.69) is 10.3 Å². The lowest BCUT2D eigenvalue weighted by molar-refractivity contribution is -0.138. The van der Waals surface area contributed by atoms with Gasteiger partial charge in [-0.3, -0.25) is 14.4 Å². The summed E-state index contributed by atoms with van der Waals surface area (Å²) >= 11 is 0. The number of carbonyl (C=O) groups excluding carboxylic acids is 1. The highest BCUT2D eigenvalue weighted by Gasteiger charge is 2.17. The maximum absolute atomic E-state index is 11.5. The Labute approximate surface area is 91.3 Å². The third-order valence-electron chi connectivity index (χ3n) is 2.02. The molecule has 16 heavy (non-hydrogen) atoms. The van der Waals surface area contributed by atoms with Crippen LogP contribution in [0, 0.1) is 6.92 Å². The zero-order valence-electron chi connectivity index (χ0n) is 8.90. The van der Waals surface area contributed by atoms with Crippen LogP contribution in [0.3, 0.4) is 0 Å². The minimum atomic E-state index is -1.16. The third kappa shape index (κ3) is 2.69. The number of rotatable bonds is 3. The number of hydrogen-bond acceptors (Lipinski definition) is 3. The largest absolute Gasteiger partial charge is 0.480 e. The molecular formula is C10H12N2O4. The van der Waals surface area contributed by atoms with E-state index < -0.39 is 23.3 Å². The van der Waals surface area contributed by atoms with Crippen LogP contribution in [0.5, 0.6) is 0 Å². The molecular weight excluding hydrogens is 212 g/mol. The fourth-order valence-corrected chi connectivity index (χ4v) is 1.09. The maximum Gasteiger partial charge on any atom is 0.325 e. The van der Waals surface area contributed by atoms with E-state index in [-0.39, 0.29) is 5.56 Å². The van der Waals surface area contributed by atoms with Crippen LogP contribution in [0.15, 0.2) is 17.1 Å². The molecule has 0 aliphatic rings. The minimum absolute atomic E-state index is 0.0984. The van der Waals surface area contributed by atoms with Crippen LogP contribution < -0.4 is 10.7 Å². The summed E-state index contributed by atoms with van der Waals surface area (Å²) < 4.78 is 0. The zero-order chi connectivity index (χ0) is 12.3. The summed E-state index contributed by atoms with van der Waals surface area (Å²) in [4.78, 5) is 36.1. The molecule has 1 rings (SSSR count). The van der Waals surface area contributed by atoms with Crippen molar-refractivity contribution in [1.29, 1.82) is 0 Å². The number of pyridine rings is 1. The number of hydrogen-bond donors (Lipinski definition) is 3. The van der Waals surface area contributed by atoms with Crippen LogP contribution in [0.2, 0.25) is 0 Å². The van der Waals surface area contributed by atoms with Gasteiger partial charge >= 0.3 is 5.97 Å². The lowest BCUT2D eigenvalue weighted by Gasteiger charge is -2.08. The van der Waals surface area contributed by atoms with E-state index >= 15 is 0 Å². The van der Waals surface area contributed by atoms with E-state index in [1.165, 1.54) is 19.2 Å². The van der Waals surface area contributed by atoms with Crippen molar-refractivity contribution in [1.82, 2.24) is 10.3 Å². The van der Waals surface area contributed by atoms with Gasteiger partial charge in [-0.2, -0.15) is 0 Å². The van der Waals surface area contributed by atoms with Crippen LogP contribution in [-0.2, 0) is 4.79 Å². The SMILES string of the molecule is Cc1cc(=O)c(C(=O)NC(C)C(=O)O)c[nH]1. The number of aliphatic carboxylic acids is 1. The summed E-state index contributed by atoms with van der Waals surface area (Å²) in [6.45, 7) is 3.01. The molecule has 6 nitrogen and oxygen atoms in total. The second kappa shape index (κ2) is 4.61. The molecule has 86 valence electrons. The first-order chi connectivity index (χ1) is 7.41. The van der Waals surface area contributed by atoms with Crippen molar-refractivity contribution in [2.75, 3.05) is 0 Å². The fraction of sp³-hybridized carbons (Fsp3) is 0.300. The van der Waals surface area contributed by atoms with Crippen molar-refractivity contribution in [3.8, 4) is 0 Å². The molecule has 0 saturated heterocycles. The average Bonchev–Trinajstić information content (AvgIpc) is 2.16. The molecule has 1 atom stereocenters. The van der Waals surface area contributed by atoms with Gasteiger partial charge in [0.15, 0.2) is 5.43 Å². The van der Waals surface area contributed by atoms with E-state index in [1.807, 2.05) is 0 Å². The van der Waals surface area contributed by atoms with Gasteiger partial charge in [0.2, 0.25) is 0 Å². The Balaban J connectivity index is 2.89. The maximum atomic E-state index is 11.5. The number of carbonyl (C=O) groups is 2. The van der Waals surface area contributed by atoms with Gasteiger partial charge in [-0.05, 0) is 13.8 Å². The van der Waals surface area contributed by atoms with Crippen molar-refractivity contribution < 1.29 is 14.7 Å². The van der Waals surface area contributed by atoms with Gasteiger partial charge in [0.05, 0.1) is 0 Å². The topological polar surface area (TPSA) is 99.3 Å². The van der Waals surface area contributed by atoms with Gasteiger partial charge in [0, 0.05) is 18.0 Å². The van der Waals surface area contributed by atoms with E-state index in [9.17, 15) is 14.4 Å². The smallest absolute Gasteiger partial charge is 0.325 e. The van der Waals surface area contributed by atoms with Crippen molar-refractivity contribution in [2.45, 2.75) is 19.9 Å². The quantitative estimate of drug-likeness (QED) is 0.666. The molecule has 0 aromatic carbocycles. The van der Waals surface area contributed by atoms with E-state index in [0.29, 0.717) is 5.69 Å². The van der Waals surface area contributed by atoms with Crippen molar-refractivity contribution in [3.05, 3.63) is 33.7 Å². The lowest BCUT2D eigenvalue weighted by atomic mass is 10.2. The van der Waals surface area contributed by atoms with Crippen molar-refractivity contribution in [3.63, 3.8) is 0 Å². The number of aromatic amines is 1. The fourth-order valence-electron chi connectivity index (χ4n) is 1.09. The number of aromatic nitrogens is 1. The van der Waals surface area contributed by atoms with E-state index in [1.54, 1.807) is 6.92 Å². The molecule has 0 radical (unpaired) electrons. The van der Waals surface area contributed by atoms with Crippen LogP contribution in [0.4, 0.5) is 0 Å². The minimum Gasteiger partial charge on any atom is -0.480 e. The number of aryl methyl sites for hydroxylation is 1. The molecule has 0 fully saturated rings. The Morgan fingerprint density at radius 1 is 1.50 bits per heavy atom. The molecule has 1 amide bonds. The third-order valence-corrected chi connectivity index (χ3v) is 2.02. The summed E-state index contributed by atoms with van der Waals surface area (Å²) in [6.07, 6.45) is 1.27. The van der Waals surface area contributed by atoms with E-state index in [0.717, 1.165) is 0 Å². The molecule has 1 unspecified atom stereocenters. The van der Waals surface area contributed by atoms with Gasteiger partial charge < -0.3 is 15.4 Å². The monoisotopic (exact) mass is 224 g/mol. The average molecular weight is 224 g/mol. The van der Waals surface area contributed by atoms with Crippen LogP contribution in [-0.4, -0.2) is 28.0 Å². The van der Waals surface area contributed by atoms with Gasteiger partial charge in [-0.25, -0.2) is 0 Å². The van der Waals surface area contributed by atoms with Gasteiger partial charge in [-0.15, -0.1) is 0 Å². The summed E-state index contributed by atoms with van der Waals surface area (Å²) in [5.41, 5.74) is 0.0953. The normalized spacial score (nSPS) is 11.9. The Morgan fingerprint density at radius 3 is 2.62 bits per heavy atom. The van der Waals surface area contributed by atoms with Crippen molar-refractivity contribution >= 4 is 11.9 Å². The van der Waals surface area contributed by atoms with Crippen LogP contribution in [0.25, 0.3) is 0 Å². The second-order valence-electron chi connectivity index (χ2n) is 3.43. The van der Waals surface area contributed by atoms with Gasteiger partial charge in [0.1, 0.15) is 11.6 Å². The van der Waals surface area contributed by atoms with E-state index in [4.69, 9.17) is 5.11 Å². The molecule has 0 spiro atoms. The highest BCUT2D eigenvalue weighted by atomic mass is 16.4. The molecule has 1 aromatic rings. The highest BCUT2D eigenvalue weighted by molar-refractivity contribution is 5.96. The summed E-state index contributed by atoms with van der Waals surface area (Å²) in [5, 5.41) is 10.8. The molecule has 0 aliphatic heterocycles. The van der Waals surface area contributed by atoms with Gasteiger partial charge in [-0.1, -0.05) is 0 Å². The number of nitrogens with one attached hydrogen (secondary N) is 2. The first kappa shape index (κ1) is 12.0. The zero-order valence-corrected chi connectivity index (χ0v) is 8.90. The van der Waals surface area contributed by atoms with Crippen LogP contribution in [0.1, 0.15) is 23.0 Å². The van der Waals surface area contributed by atoms with Crippen molar-refractivity contribution in [2.24, 2.45) is 0 Å².